The summed E-state index contributed by atoms with van der Waals surface area (Å²) in [6, 6.07) is 0. The number of halogens is 3. The summed E-state index contributed by atoms with van der Waals surface area (Å²) >= 11 is 0. The average molecular weight is 184 g/mol. The zero-order chi connectivity index (χ0) is 9.57. The number of rotatable bonds is 0. The molecule has 1 fully saturated rings. The molecule has 0 aliphatic carbocycles. The van der Waals surface area contributed by atoms with Gasteiger partial charge >= 0.3 is 6.18 Å². The summed E-state index contributed by atoms with van der Waals surface area (Å²) in [4.78, 5) is 10.5. The van der Waals surface area contributed by atoms with Gasteiger partial charge in [0.05, 0.1) is 6.42 Å². The van der Waals surface area contributed by atoms with Crippen molar-refractivity contribution in [3.8, 4) is 0 Å². The van der Waals surface area contributed by atoms with Crippen LogP contribution in [0.15, 0.2) is 0 Å². The molecule has 0 saturated carbocycles. The maximum atomic E-state index is 12.1. The number of nitrogens with one attached hydrogen (secondary N) is 1. The Hall–Kier alpha value is -0.820. The number of amides is 1. The molecule has 12 heavy (non-hydrogen) atoms. The Labute approximate surface area is 65.9 Å². The molecule has 0 aromatic rings. The molecule has 0 bridgehead atoms. The lowest BCUT2D eigenvalue weighted by Gasteiger charge is -2.30. The quantitative estimate of drug-likeness (QED) is 0.538. The zero-order valence-corrected chi connectivity index (χ0v) is 6.14. The van der Waals surface area contributed by atoms with Crippen molar-refractivity contribution in [1.29, 1.82) is 0 Å². The molecule has 1 aliphatic rings. The van der Waals surface area contributed by atoms with Gasteiger partial charge in [0.2, 0.25) is 11.6 Å². The highest BCUT2D eigenvalue weighted by Crippen LogP contribution is 2.36. The van der Waals surface area contributed by atoms with E-state index in [0.717, 1.165) is 7.05 Å². The van der Waals surface area contributed by atoms with E-state index in [0.29, 0.717) is 5.01 Å². The first-order valence-electron chi connectivity index (χ1n) is 3.10. The van der Waals surface area contributed by atoms with Gasteiger partial charge in [-0.25, -0.2) is 0 Å². The Morgan fingerprint density at radius 2 is 2.17 bits per heavy atom. The van der Waals surface area contributed by atoms with Crippen molar-refractivity contribution in [2.45, 2.75) is 18.3 Å². The summed E-state index contributed by atoms with van der Waals surface area (Å²) in [6.45, 7) is 0. The summed E-state index contributed by atoms with van der Waals surface area (Å²) in [5, 5.41) is 9.34. The normalized spacial score (nSPS) is 32.2. The molecular formula is C5H7F3N2O2. The second-order valence-corrected chi connectivity index (χ2v) is 2.59. The largest absolute Gasteiger partial charge is 0.433 e. The van der Waals surface area contributed by atoms with Crippen molar-refractivity contribution in [2.75, 3.05) is 7.05 Å². The van der Waals surface area contributed by atoms with Gasteiger partial charge in [-0.15, -0.1) is 0 Å². The molecule has 1 unspecified atom stereocenters. The maximum absolute atomic E-state index is 12.1. The Kier molecular flexibility index (Phi) is 1.80. The van der Waals surface area contributed by atoms with Crippen molar-refractivity contribution < 1.29 is 23.1 Å². The van der Waals surface area contributed by atoms with Crippen LogP contribution in [0.4, 0.5) is 13.2 Å². The number of hydrogen-bond donors (Lipinski definition) is 2. The van der Waals surface area contributed by atoms with Crippen LogP contribution in [-0.4, -0.2) is 35.0 Å². The SMILES string of the molecule is CN1NC(=O)CC1(O)C(F)(F)F. The van der Waals surface area contributed by atoms with Crippen LogP contribution in [0, 0.1) is 0 Å². The summed E-state index contributed by atoms with van der Waals surface area (Å²) in [5.41, 5.74) is -1.23. The van der Waals surface area contributed by atoms with Crippen molar-refractivity contribution in [3.05, 3.63) is 0 Å². The van der Waals surface area contributed by atoms with Crippen molar-refractivity contribution >= 4 is 5.91 Å². The fraction of sp³-hybridized carbons (Fsp3) is 0.800. The highest BCUT2D eigenvalue weighted by Gasteiger charge is 2.61. The summed E-state index contributed by atoms with van der Waals surface area (Å²) in [7, 11) is 0.957. The van der Waals surface area contributed by atoms with Crippen LogP contribution in [-0.2, 0) is 4.79 Å². The number of alkyl halides is 3. The van der Waals surface area contributed by atoms with E-state index in [-0.39, 0.29) is 0 Å². The first-order valence-corrected chi connectivity index (χ1v) is 3.10. The second-order valence-electron chi connectivity index (χ2n) is 2.59. The lowest BCUT2D eigenvalue weighted by Crippen LogP contribution is -2.55. The molecule has 1 aliphatic heterocycles. The summed E-state index contributed by atoms with van der Waals surface area (Å²) in [5.74, 6) is -0.850. The Morgan fingerprint density at radius 1 is 1.67 bits per heavy atom. The van der Waals surface area contributed by atoms with Crippen molar-refractivity contribution in [2.24, 2.45) is 0 Å². The molecule has 1 saturated heterocycles. The maximum Gasteiger partial charge on any atom is 0.433 e. The lowest BCUT2D eigenvalue weighted by atomic mass is 10.1. The molecule has 1 heterocycles. The number of carbonyl (C=O) groups is 1. The standard InChI is InChI=1S/C5H7F3N2O2/c1-10-4(12,5(6,7)8)2-3(11)9-10/h12H,2H2,1H3,(H,9,11). The summed E-state index contributed by atoms with van der Waals surface area (Å²) in [6.07, 6.45) is -5.81. The van der Waals surface area contributed by atoms with Crippen molar-refractivity contribution in [3.63, 3.8) is 0 Å². The van der Waals surface area contributed by atoms with Crippen LogP contribution < -0.4 is 5.43 Å². The van der Waals surface area contributed by atoms with E-state index in [2.05, 4.69) is 0 Å². The van der Waals surface area contributed by atoms with E-state index >= 15 is 0 Å². The van der Waals surface area contributed by atoms with Crippen LogP contribution in [0.5, 0.6) is 0 Å². The monoisotopic (exact) mass is 184 g/mol. The molecule has 0 aromatic heterocycles. The van der Waals surface area contributed by atoms with Gasteiger partial charge in [0.15, 0.2) is 0 Å². The molecule has 0 radical (unpaired) electrons. The lowest BCUT2D eigenvalue weighted by molar-refractivity contribution is -0.306. The predicted octanol–water partition coefficient (Wildman–Crippen LogP) is -0.396. The van der Waals surface area contributed by atoms with Gasteiger partial charge in [0.25, 0.3) is 0 Å². The highest BCUT2D eigenvalue weighted by atomic mass is 19.4. The van der Waals surface area contributed by atoms with Crippen LogP contribution in [0.2, 0.25) is 0 Å². The average Bonchev–Trinajstić information content (AvgIpc) is 2.06. The molecule has 2 N–H and O–H groups in total. The van der Waals surface area contributed by atoms with E-state index in [4.69, 9.17) is 5.11 Å². The third-order valence-corrected chi connectivity index (χ3v) is 1.71. The van der Waals surface area contributed by atoms with Gasteiger partial charge in [0, 0.05) is 7.05 Å². The zero-order valence-electron chi connectivity index (χ0n) is 6.14. The van der Waals surface area contributed by atoms with Crippen LogP contribution in [0.1, 0.15) is 6.42 Å². The first-order chi connectivity index (χ1) is 5.27. The molecule has 7 heteroatoms. The number of aliphatic hydroxyl groups is 1. The van der Waals surface area contributed by atoms with Gasteiger partial charge in [0.1, 0.15) is 0 Å². The molecule has 1 rings (SSSR count). The van der Waals surface area contributed by atoms with E-state index in [1.54, 1.807) is 0 Å². The Balaban J connectivity index is 2.92. The first kappa shape index (κ1) is 9.27. The Bertz CT molecular complexity index is 217. The molecule has 70 valence electrons. The predicted molar refractivity (Wildman–Crippen MR) is 31.5 cm³/mol. The fourth-order valence-corrected chi connectivity index (χ4v) is 0.952. The number of nitrogens with zero attached hydrogens (tertiary/aromatic N) is 1. The fourth-order valence-electron chi connectivity index (χ4n) is 0.952. The number of hydrogen-bond acceptors (Lipinski definition) is 3. The van der Waals surface area contributed by atoms with E-state index in [1.165, 1.54) is 0 Å². The molecule has 0 spiro atoms. The third kappa shape index (κ3) is 1.14. The second kappa shape index (κ2) is 2.33. The van der Waals surface area contributed by atoms with Crippen LogP contribution in [0.25, 0.3) is 0 Å². The van der Waals surface area contributed by atoms with Crippen LogP contribution >= 0.6 is 0 Å². The van der Waals surface area contributed by atoms with E-state index in [1.807, 2.05) is 5.43 Å². The van der Waals surface area contributed by atoms with Crippen LogP contribution in [0.3, 0.4) is 0 Å². The number of hydrazine groups is 1. The smallest absolute Gasteiger partial charge is 0.366 e. The number of carbonyl (C=O) groups excluding carboxylic acids is 1. The minimum absolute atomic E-state index is 0.356. The topological polar surface area (TPSA) is 52.6 Å². The highest BCUT2D eigenvalue weighted by molar-refractivity contribution is 5.78. The van der Waals surface area contributed by atoms with E-state index in [9.17, 15) is 18.0 Å². The van der Waals surface area contributed by atoms with Gasteiger partial charge in [-0.2, -0.15) is 18.2 Å². The minimum atomic E-state index is -4.83. The third-order valence-electron chi connectivity index (χ3n) is 1.71. The van der Waals surface area contributed by atoms with Gasteiger partial charge in [-0.05, 0) is 0 Å². The van der Waals surface area contributed by atoms with Gasteiger partial charge in [-0.1, -0.05) is 0 Å². The molecule has 4 nitrogen and oxygen atoms in total. The molecular weight excluding hydrogens is 177 g/mol. The van der Waals surface area contributed by atoms with E-state index < -0.39 is 24.2 Å². The Morgan fingerprint density at radius 3 is 2.33 bits per heavy atom. The molecule has 1 amide bonds. The summed E-state index contributed by atoms with van der Waals surface area (Å²) < 4.78 is 36.3. The van der Waals surface area contributed by atoms with Gasteiger partial charge in [-0.3, -0.25) is 10.2 Å². The van der Waals surface area contributed by atoms with Crippen molar-refractivity contribution in [1.82, 2.24) is 10.4 Å². The van der Waals surface area contributed by atoms with Gasteiger partial charge < -0.3 is 5.11 Å². The molecule has 0 aromatic carbocycles. The molecule has 1 atom stereocenters. The minimum Gasteiger partial charge on any atom is -0.366 e.